The van der Waals surface area contributed by atoms with Crippen molar-refractivity contribution in [2.75, 3.05) is 6.61 Å². The van der Waals surface area contributed by atoms with Crippen molar-refractivity contribution in [1.82, 2.24) is 5.32 Å². The molecule has 0 atom stereocenters. The van der Waals surface area contributed by atoms with E-state index < -0.39 is 0 Å². The van der Waals surface area contributed by atoms with Crippen molar-refractivity contribution in [1.29, 1.82) is 0 Å². The van der Waals surface area contributed by atoms with Gasteiger partial charge in [0.15, 0.2) is 0 Å². The summed E-state index contributed by atoms with van der Waals surface area (Å²) in [6.07, 6.45) is 0. The molecule has 0 saturated carbocycles. The summed E-state index contributed by atoms with van der Waals surface area (Å²) in [4.78, 5) is 16.1. The SMILES string of the molecule is Cc1cc(CNC(=O)c2cc(C)c(C#CCO)s2)sc1C. The lowest BCUT2D eigenvalue weighted by atomic mass is 10.2. The summed E-state index contributed by atoms with van der Waals surface area (Å²) in [5, 5.41) is 11.7. The van der Waals surface area contributed by atoms with Crippen LogP contribution in [0.5, 0.6) is 0 Å². The summed E-state index contributed by atoms with van der Waals surface area (Å²) in [7, 11) is 0. The number of amides is 1. The van der Waals surface area contributed by atoms with Crippen molar-refractivity contribution >= 4 is 28.6 Å². The van der Waals surface area contributed by atoms with E-state index in [4.69, 9.17) is 5.11 Å². The number of carbonyl (C=O) groups is 1. The Morgan fingerprint density at radius 2 is 2.00 bits per heavy atom. The fourth-order valence-corrected chi connectivity index (χ4v) is 3.79. The molecule has 0 unspecified atom stereocenters. The van der Waals surface area contributed by atoms with Gasteiger partial charge in [-0.05, 0) is 44.0 Å². The van der Waals surface area contributed by atoms with E-state index in [-0.39, 0.29) is 12.5 Å². The quantitative estimate of drug-likeness (QED) is 0.855. The number of aliphatic hydroxyl groups is 1. The number of thiophene rings is 2. The van der Waals surface area contributed by atoms with Gasteiger partial charge in [0.25, 0.3) is 5.91 Å². The van der Waals surface area contributed by atoms with Gasteiger partial charge < -0.3 is 10.4 Å². The molecule has 0 saturated heterocycles. The van der Waals surface area contributed by atoms with Crippen LogP contribution >= 0.6 is 22.7 Å². The molecule has 0 aliphatic carbocycles. The van der Waals surface area contributed by atoms with E-state index in [9.17, 15) is 4.79 Å². The predicted octanol–water partition coefficient (Wildman–Crippen LogP) is 3.01. The molecule has 0 bridgehead atoms. The number of aliphatic hydroxyl groups excluding tert-OH is 1. The van der Waals surface area contributed by atoms with Crippen LogP contribution in [0, 0.1) is 32.6 Å². The number of aryl methyl sites for hydroxylation is 3. The molecule has 2 rings (SSSR count). The molecule has 0 radical (unpaired) electrons. The molecule has 0 aliphatic rings. The number of nitrogens with one attached hydrogen (secondary N) is 1. The van der Waals surface area contributed by atoms with Crippen LogP contribution in [0.15, 0.2) is 12.1 Å². The lowest BCUT2D eigenvalue weighted by Gasteiger charge is -2.00. The van der Waals surface area contributed by atoms with E-state index >= 15 is 0 Å². The highest BCUT2D eigenvalue weighted by Crippen LogP contribution is 2.22. The van der Waals surface area contributed by atoms with Gasteiger partial charge >= 0.3 is 0 Å². The molecular weight excluding hydrogens is 302 g/mol. The second-order valence-corrected chi connectivity index (χ2v) is 7.11. The summed E-state index contributed by atoms with van der Waals surface area (Å²) < 4.78 is 0. The van der Waals surface area contributed by atoms with Crippen LogP contribution in [0.2, 0.25) is 0 Å². The number of hydrogen-bond donors (Lipinski definition) is 2. The molecule has 2 aromatic heterocycles. The maximum absolute atomic E-state index is 12.2. The Morgan fingerprint density at radius 1 is 1.24 bits per heavy atom. The molecular formula is C16H17NO2S2. The Balaban J connectivity index is 2.03. The molecule has 21 heavy (non-hydrogen) atoms. The first-order valence-corrected chi connectivity index (χ1v) is 8.19. The fraction of sp³-hybridized carbons (Fsp3) is 0.312. The molecule has 2 N–H and O–H groups in total. The Hall–Kier alpha value is -1.61. The Morgan fingerprint density at radius 3 is 2.62 bits per heavy atom. The van der Waals surface area contributed by atoms with Crippen LogP contribution in [0.1, 0.15) is 35.4 Å². The maximum atomic E-state index is 12.2. The molecule has 0 spiro atoms. The van der Waals surface area contributed by atoms with Gasteiger partial charge in [0.1, 0.15) is 6.61 Å². The average molecular weight is 319 g/mol. The van der Waals surface area contributed by atoms with Crippen LogP contribution in [-0.4, -0.2) is 17.6 Å². The molecule has 110 valence electrons. The van der Waals surface area contributed by atoms with E-state index in [2.05, 4.69) is 37.1 Å². The largest absolute Gasteiger partial charge is 0.384 e. The van der Waals surface area contributed by atoms with Gasteiger partial charge in [-0.2, -0.15) is 0 Å². The Kier molecular flexibility index (Phi) is 5.18. The third-order valence-corrected chi connectivity index (χ3v) is 5.37. The molecule has 0 aliphatic heterocycles. The lowest BCUT2D eigenvalue weighted by Crippen LogP contribution is -2.21. The molecule has 0 aromatic carbocycles. The van der Waals surface area contributed by atoms with Crippen LogP contribution in [0.25, 0.3) is 0 Å². The van der Waals surface area contributed by atoms with Gasteiger partial charge in [-0.3, -0.25) is 4.79 Å². The molecule has 3 nitrogen and oxygen atoms in total. The number of carbonyl (C=O) groups excluding carboxylic acids is 1. The van der Waals surface area contributed by atoms with Gasteiger partial charge in [-0.15, -0.1) is 22.7 Å². The second-order valence-electron chi connectivity index (χ2n) is 4.72. The van der Waals surface area contributed by atoms with Gasteiger partial charge in [0, 0.05) is 9.75 Å². The highest BCUT2D eigenvalue weighted by Gasteiger charge is 2.12. The van der Waals surface area contributed by atoms with E-state index in [0.717, 1.165) is 15.3 Å². The Labute approximate surface area is 132 Å². The molecule has 0 fully saturated rings. The van der Waals surface area contributed by atoms with Crippen LogP contribution in [0.4, 0.5) is 0 Å². The second kappa shape index (κ2) is 6.90. The standard InChI is InChI=1S/C16H17NO2S2/c1-10-7-13(20-12(10)3)9-17-16(19)15-8-11(2)14(21-15)5-4-6-18/h7-8,18H,6,9H2,1-3H3,(H,17,19). The first kappa shape index (κ1) is 15.8. The minimum atomic E-state index is -0.171. The van der Waals surface area contributed by atoms with Crippen LogP contribution < -0.4 is 5.32 Å². The molecule has 5 heteroatoms. The average Bonchev–Trinajstić information content (AvgIpc) is 2.97. The first-order valence-electron chi connectivity index (χ1n) is 6.55. The fourth-order valence-electron chi connectivity index (χ4n) is 1.83. The van der Waals surface area contributed by atoms with Crippen molar-refractivity contribution in [3.63, 3.8) is 0 Å². The third kappa shape index (κ3) is 3.94. The summed E-state index contributed by atoms with van der Waals surface area (Å²) >= 11 is 3.07. The number of rotatable bonds is 3. The minimum Gasteiger partial charge on any atom is -0.384 e. The van der Waals surface area contributed by atoms with Crippen molar-refractivity contribution < 1.29 is 9.90 Å². The minimum absolute atomic E-state index is 0.0798. The molecule has 1 amide bonds. The highest BCUT2D eigenvalue weighted by atomic mass is 32.1. The van der Waals surface area contributed by atoms with Gasteiger partial charge in [0.2, 0.25) is 0 Å². The Bertz CT molecular complexity index is 697. The predicted molar refractivity (Wildman–Crippen MR) is 88.0 cm³/mol. The van der Waals surface area contributed by atoms with E-state index in [1.54, 1.807) is 11.3 Å². The summed E-state index contributed by atoms with van der Waals surface area (Å²) in [5.41, 5.74) is 2.23. The first-order chi connectivity index (χ1) is 10.0. The van der Waals surface area contributed by atoms with E-state index in [1.165, 1.54) is 21.8 Å². The third-order valence-electron chi connectivity index (χ3n) is 3.06. The maximum Gasteiger partial charge on any atom is 0.261 e. The summed E-state index contributed by atoms with van der Waals surface area (Å²) in [6, 6.07) is 3.95. The van der Waals surface area contributed by atoms with Gasteiger partial charge in [0.05, 0.1) is 16.3 Å². The van der Waals surface area contributed by atoms with Crippen molar-refractivity contribution in [3.05, 3.63) is 42.8 Å². The zero-order valence-electron chi connectivity index (χ0n) is 12.2. The summed E-state index contributed by atoms with van der Waals surface area (Å²) in [5.74, 6) is 5.39. The highest BCUT2D eigenvalue weighted by molar-refractivity contribution is 7.14. The smallest absolute Gasteiger partial charge is 0.261 e. The van der Waals surface area contributed by atoms with Crippen molar-refractivity contribution in [2.45, 2.75) is 27.3 Å². The van der Waals surface area contributed by atoms with Gasteiger partial charge in [-0.25, -0.2) is 0 Å². The van der Waals surface area contributed by atoms with E-state index in [1.807, 2.05) is 13.0 Å². The zero-order valence-corrected chi connectivity index (χ0v) is 13.9. The number of hydrogen-bond acceptors (Lipinski definition) is 4. The van der Waals surface area contributed by atoms with Crippen molar-refractivity contribution in [3.8, 4) is 11.8 Å². The lowest BCUT2D eigenvalue weighted by molar-refractivity contribution is 0.0955. The molecule has 2 heterocycles. The van der Waals surface area contributed by atoms with Crippen molar-refractivity contribution in [2.24, 2.45) is 0 Å². The van der Waals surface area contributed by atoms with Gasteiger partial charge in [-0.1, -0.05) is 11.8 Å². The van der Waals surface area contributed by atoms with Crippen LogP contribution in [0.3, 0.4) is 0 Å². The topological polar surface area (TPSA) is 49.3 Å². The monoisotopic (exact) mass is 319 g/mol. The van der Waals surface area contributed by atoms with Crippen LogP contribution in [-0.2, 0) is 6.54 Å². The van der Waals surface area contributed by atoms with E-state index in [0.29, 0.717) is 11.4 Å². The normalized spacial score (nSPS) is 10.1. The molecule has 2 aromatic rings. The zero-order chi connectivity index (χ0) is 15.4. The summed E-state index contributed by atoms with van der Waals surface area (Å²) in [6.45, 7) is 6.45.